The van der Waals surface area contributed by atoms with Crippen LogP contribution in [0.15, 0.2) is 54.6 Å². The summed E-state index contributed by atoms with van der Waals surface area (Å²) < 4.78 is 0. The minimum Gasteiger partial charge on any atom is -0.332 e. The number of anilines is 1. The van der Waals surface area contributed by atoms with Crippen LogP contribution in [0.4, 0.5) is 5.69 Å². The van der Waals surface area contributed by atoms with Gasteiger partial charge in [0.25, 0.3) is 0 Å². The minimum atomic E-state index is -0.325. The normalized spacial score (nSPS) is 10.5. The Balaban J connectivity index is 1.91. The molecule has 0 atom stereocenters. The van der Waals surface area contributed by atoms with Crippen molar-refractivity contribution in [2.24, 2.45) is 0 Å². The van der Waals surface area contributed by atoms with Crippen molar-refractivity contribution in [3.8, 4) is 0 Å². The zero-order chi connectivity index (χ0) is 15.9. The van der Waals surface area contributed by atoms with Gasteiger partial charge in [0.2, 0.25) is 5.91 Å². The SMILES string of the molecule is O=C(C=Cc1ccccc1)NC(=S)Nc1cc(Cl)cc(Cl)c1. The third kappa shape index (κ3) is 5.48. The number of carbonyl (C=O) groups is 1. The number of amides is 1. The fourth-order valence-corrected chi connectivity index (χ4v) is 2.42. The molecule has 0 radical (unpaired) electrons. The maximum atomic E-state index is 11.8. The van der Waals surface area contributed by atoms with E-state index in [2.05, 4.69) is 10.6 Å². The lowest BCUT2D eigenvalue weighted by atomic mass is 10.2. The van der Waals surface area contributed by atoms with Crippen LogP contribution in [0.1, 0.15) is 5.56 Å². The van der Waals surface area contributed by atoms with Crippen LogP contribution in [-0.4, -0.2) is 11.0 Å². The van der Waals surface area contributed by atoms with E-state index < -0.39 is 0 Å². The Kier molecular flexibility index (Phi) is 5.95. The summed E-state index contributed by atoms with van der Waals surface area (Å²) in [6.45, 7) is 0. The zero-order valence-corrected chi connectivity index (χ0v) is 13.7. The molecule has 22 heavy (non-hydrogen) atoms. The second-order valence-corrected chi connectivity index (χ2v) is 5.63. The van der Waals surface area contributed by atoms with Crippen molar-refractivity contribution in [2.45, 2.75) is 0 Å². The van der Waals surface area contributed by atoms with E-state index in [9.17, 15) is 4.79 Å². The molecule has 3 nitrogen and oxygen atoms in total. The van der Waals surface area contributed by atoms with Crippen LogP contribution >= 0.6 is 35.4 Å². The van der Waals surface area contributed by atoms with Gasteiger partial charge in [0.1, 0.15) is 0 Å². The average molecular weight is 351 g/mol. The first kappa shape index (κ1) is 16.5. The molecule has 0 aliphatic carbocycles. The first-order valence-electron chi connectivity index (χ1n) is 6.34. The Morgan fingerprint density at radius 2 is 1.68 bits per heavy atom. The van der Waals surface area contributed by atoms with Crippen molar-refractivity contribution in [1.29, 1.82) is 0 Å². The van der Waals surface area contributed by atoms with Gasteiger partial charge in [-0.15, -0.1) is 0 Å². The molecule has 0 fully saturated rings. The number of nitrogens with one attached hydrogen (secondary N) is 2. The van der Waals surface area contributed by atoms with E-state index in [1.807, 2.05) is 30.3 Å². The predicted octanol–water partition coefficient (Wildman–Crippen LogP) is 4.52. The molecule has 6 heteroatoms. The number of thiocarbonyl (C=S) groups is 1. The summed E-state index contributed by atoms with van der Waals surface area (Å²) in [5.41, 5.74) is 1.54. The lowest BCUT2D eigenvalue weighted by molar-refractivity contribution is -0.115. The van der Waals surface area contributed by atoms with Gasteiger partial charge in [-0.05, 0) is 42.1 Å². The summed E-state index contributed by atoms with van der Waals surface area (Å²) >= 11 is 16.8. The second kappa shape index (κ2) is 7.94. The maximum absolute atomic E-state index is 11.8. The van der Waals surface area contributed by atoms with E-state index in [1.54, 1.807) is 24.3 Å². The number of hydrogen-bond donors (Lipinski definition) is 2. The minimum absolute atomic E-state index is 0.168. The van der Waals surface area contributed by atoms with E-state index in [-0.39, 0.29) is 11.0 Å². The predicted molar refractivity (Wildman–Crippen MR) is 96.3 cm³/mol. The molecule has 0 aliphatic rings. The Bertz CT molecular complexity index is 697. The average Bonchev–Trinajstić information content (AvgIpc) is 2.45. The molecule has 0 unspecified atom stereocenters. The third-order valence-corrected chi connectivity index (χ3v) is 3.22. The van der Waals surface area contributed by atoms with Gasteiger partial charge in [0.05, 0.1) is 0 Å². The van der Waals surface area contributed by atoms with Gasteiger partial charge >= 0.3 is 0 Å². The van der Waals surface area contributed by atoms with Crippen LogP contribution < -0.4 is 10.6 Å². The number of halogens is 2. The molecule has 0 heterocycles. The maximum Gasteiger partial charge on any atom is 0.250 e. The molecule has 1 amide bonds. The highest BCUT2D eigenvalue weighted by Gasteiger charge is 2.03. The number of benzene rings is 2. The van der Waals surface area contributed by atoms with Crippen LogP contribution in [0.5, 0.6) is 0 Å². The van der Waals surface area contributed by atoms with Gasteiger partial charge in [-0.1, -0.05) is 53.5 Å². The van der Waals surface area contributed by atoms with E-state index in [4.69, 9.17) is 35.4 Å². The number of carbonyl (C=O) groups excluding carboxylic acids is 1. The van der Waals surface area contributed by atoms with Crippen LogP contribution in [0.25, 0.3) is 6.08 Å². The van der Waals surface area contributed by atoms with Gasteiger partial charge < -0.3 is 5.32 Å². The summed E-state index contributed by atoms with van der Waals surface area (Å²) in [5.74, 6) is -0.325. The molecule has 112 valence electrons. The Morgan fingerprint density at radius 3 is 2.32 bits per heavy atom. The quantitative estimate of drug-likeness (QED) is 0.631. The van der Waals surface area contributed by atoms with Gasteiger partial charge in [0.15, 0.2) is 5.11 Å². The summed E-state index contributed by atoms with van der Waals surface area (Å²) in [5, 5.41) is 6.52. The van der Waals surface area contributed by atoms with Crippen molar-refractivity contribution < 1.29 is 4.79 Å². The molecule has 0 spiro atoms. The van der Waals surface area contributed by atoms with Crippen molar-refractivity contribution in [2.75, 3.05) is 5.32 Å². The molecule has 0 aromatic heterocycles. The Morgan fingerprint density at radius 1 is 1.05 bits per heavy atom. The largest absolute Gasteiger partial charge is 0.332 e. The molecular weight excluding hydrogens is 339 g/mol. The fraction of sp³-hybridized carbons (Fsp3) is 0. The van der Waals surface area contributed by atoms with E-state index in [0.29, 0.717) is 15.7 Å². The van der Waals surface area contributed by atoms with Crippen molar-refractivity contribution in [3.05, 3.63) is 70.2 Å². The first-order chi connectivity index (χ1) is 10.5. The molecule has 2 aromatic carbocycles. The zero-order valence-electron chi connectivity index (χ0n) is 11.3. The second-order valence-electron chi connectivity index (χ2n) is 4.35. The smallest absolute Gasteiger partial charge is 0.250 e. The highest BCUT2D eigenvalue weighted by atomic mass is 35.5. The van der Waals surface area contributed by atoms with E-state index in [0.717, 1.165) is 5.56 Å². The highest BCUT2D eigenvalue weighted by molar-refractivity contribution is 7.80. The molecule has 0 saturated heterocycles. The van der Waals surface area contributed by atoms with Crippen LogP contribution in [0, 0.1) is 0 Å². The Labute approximate surface area is 143 Å². The van der Waals surface area contributed by atoms with Gasteiger partial charge in [-0.2, -0.15) is 0 Å². The molecule has 0 bridgehead atoms. The van der Waals surface area contributed by atoms with E-state index >= 15 is 0 Å². The number of hydrogen-bond acceptors (Lipinski definition) is 2. The monoisotopic (exact) mass is 350 g/mol. The fourth-order valence-electron chi connectivity index (χ4n) is 1.68. The molecule has 2 N–H and O–H groups in total. The summed E-state index contributed by atoms with van der Waals surface area (Å²) in [6, 6.07) is 14.4. The van der Waals surface area contributed by atoms with Crippen molar-refractivity contribution in [1.82, 2.24) is 5.32 Å². The molecule has 2 aromatic rings. The number of rotatable bonds is 3. The van der Waals surface area contributed by atoms with Crippen molar-refractivity contribution >= 4 is 58.2 Å². The van der Waals surface area contributed by atoms with Gasteiger partial charge in [0, 0.05) is 21.8 Å². The van der Waals surface area contributed by atoms with Crippen molar-refractivity contribution in [3.63, 3.8) is 0 Å². The first-order valence-corrected chi connectivity index (χ1v) is 7.50. The molecule has 2 rings (SSSR count). The molecular formula is C16H12Cl2N2OS. The molecule has 0 aliphatic heterocycles. The lowest BCUT2D eigenvalue weighted by Gasteiger charge is -2.08. The topological polar surface area (TPSA) is 41.1 Å². The summed E-state index contributed by atoms with van der Waals surface area (Å²) in [7, 11) is 0. The lowest BCUT2D eigenvalue weighted by Crippen LogP contribution is -2.32. The third-order valence-electron chi connectivity index (χ3n) is 2.58. The summed E-state index contributed by atoms with van der Waals surface area (Å²) in [6.07, 6.45) is 3.11. The van der Waals surface area contributed by atoms with Crippen LogP contribution in [-0.2, 0) is 4.79 Å². The summed E-state index contributed by atoms with van der Waals surface area (Å²) in [4.78, 5) is 11.8. The van der Waals surface area contributed by atoms with E-state index in [1.165, 1.54) is 6.08 Å². The van der Waals surface area contributed by atoms with Gasteiger partial charge in [-0.25, -0.2) is 0 Å². The van der Waals surface area contributed by atoms with Crippen LogP contribution in [0.3, 0.4) is 0 Å². The highest BCUT2D eigenvalue weighted by Crippen LogP contribution is 2.22. The standard InChI is InChI=1S/C16H12Cl2N2OS/c17-12-8-13(18)10-14(9-12)19-16(22)20-15(21)7-6-11-4-2-1-3-5-11/h1-10H,(H2,19,20,21,22). The van der Waals surface area contributed by atoms with Gasteiger partial charge in [-0.3, -0.25) is 10.1 Å². The van der Waals surface area contributed by atoms with Crippen LogP contribution in [0.2, 0.25) is 10.0 Å². The Hall–Kier alpha value is -1.88. The molecule has 0 saturated carbocycles.